The average molecular weight is 727 g/mol. The number of hydrogen-bond donors (Lipinski definition) is 0. The van der Waals surface area contributed by atoms with Gasteiger partial charge in [-0.15, -0.1) is 0 Å². The van der Waals surface area contributed by atoms with E-state index in [1.807, 2.05) is 0 Å². The van der Waals surface area contributed by atoms with E-state index >= 15 is 0 Å². The summed E-state index contributed by atoms with van der Waals surface area (Å²) in [5.41, 5.74) is 21.5. The molecule has 0 saturated carbocycles. The number of allylic oxidation sites excluding steroid dienone is 4. The topological polar surface area (TPSA) is 0 Å². The van der Waals surface area contributed by atoms with Crippen molar-refractivity contribution < 1.29 is 48.0 Å². The van der Waals surface area contributed by atoms with Crippen molar-refractivity contribution in [3.05, 3.63) is 126 Å². The SMILES string of the molecule is CCCC1C=C(C(C)(C)C)C=[C]1[Zr+2][CH]1c2cc(-c3c(C)cc(C)cc3C)ccc2-c2ccc(-c3c(C)cc(C)cc3C)cc21.[Cl-].[Cl-]. The van der Waals surface area contributed by atoms with Crippen LogP contribution in [0.2, 0.25) is 0 Å². The molecule has 0 aliphatic heterocycles. The van der Waals surface area contributed by atoms with E-state index in [1.54, 1.807) is 20.0 Å². The van der Waals surface area contributed by atoms with Gasteiger partial charge in [0, 0.05) is 0 Å². The van der Waals surface area contributed by atoms with E-state index in [9.17, 15) is 0 Å². The second-order valence-corrected chi connectivity index (χ2v) is 18.1. The van der Waals surface area contributed by atoms with Gasteiger partial charge in [-0.3, -0.25) is 0 Å². The maximum atomic E-state index is 2.64. The van der Waals surface area contributed by atoms with Gasteiger partial charge in [-0.2, -0.15) is 0 Å². The summed E-state index contributed by atoms with van der Waals surface area (Å²) in [5, 5.41) is 0. The zero-order chi connectivity index (χ0) is 31.5. The third kappa shape index (κ3) is 6.86. The number of hydrogen-bond acceptors (Lipinski definition) is 0. The predicted molar refractivity (Wildman–Crippen MR) is 187 cm³/mol. The molecule has 1 atom stereocenters. The summed E-state index contributed by atoms with van der Waals surface area (Å²) in [7, 11) is 0. The summed E-state index contributed by atoms with van der Waals surface area (Å²) >= 11 is -1.03. The maximum absolute atomic E-state index is 2.64. The normalized spacial score (nSPS) is 15.3. The Labute approximate surface area is 302 Å². The fourth-order valence-corrected chi connectivity index (χ4v) is 12.4. The van der Waals surface area contributed by atoms with Crippen LogP contribution in [-0.2, 0) is 23.2 Å². The van der Waals surface area contributed by atoms with Crippen LogP contribution >= 0.6 is 0 Å². The summed E-state index contributed by atoms with van der Waals surface area (Å²) in [6.07, 6.45) is 7.77. The van der Waals surface area contributed by atoms with Crippen LogP contribution in [0, 0.1) is 52.9 Å². The van der Waals surface area contributed by atoms with Crippen LogP contribution in [0.25, 0.3) is 33.4 Å². The van der Waals surface area contributed by atoms with Crippen molar-refractivity contribution in [1.82, 2.24) is 0 Å². The standard InChI is InChI=1S/C31H29.C12H19.2ClH.Zr/c1-18-11-20(3)30(21(4)12-18)24-7-9-28-26(15-24)17-27-16-25(8-10-29(27)28)31-22(5)13-19(2)14-23(31)6;1-5-6-10-7-8-11(9-10)12(2,3)4;;;/h7-17H,1-6H3;8-10H,5-6H2,1-4H3;2*1H;/q;;;;+2/p-2. The number of halogens is 2. The minimum atomic E-state index is -1.03. The smallest absolute Gasteiger partial charge is 1.00 e. The third-order valence-electron chi connectivity index (χ3n) is 9.81. The molecule has 238 valence electrons. The molecule has 0 heterocycles. The van der Waals surface area contributed by atoms with Gasteiger partial charge in [0.2, 0.25) is 0 Å². The molecule has 3 heteroatoms. The van der Waals surface area contributed by atoms with E-state index in [-0.39, 0.29) is 30.2 Å². The van der Waals surface area contributed by atoms with Crippen molar-refractivity contribution in [2.45, 2.75) is 85.7 Å². The molecule has 0 fully saturated rings. The number of fused-ring (bicyclic) bond motifs is 3. The molecule has 0 spiro atoms. The quantitative estimate of drug-likeness (QED) is 0.219. The molecule has 0 radical (unpaired) electrons. The van der Waals surface area contributed by atoms with Crippen molar-refractivity contribution in [1.29, 1.82) is 0 Å². The second kappa shape index (κ2) is 14.1. The van der Waals surface area contributed by atoms with E-state index in [1.165, 1.54) is 79.6 Å². The fraction of sp³-hybridized carbons (Fsp3) is 0.349. The first-order chi connectivity index (χ1) is 20.8. The summed E-state index contributed by atoms with van der Waals surface area (Å²) < 4.78 is 2.30. The molecule has 0 bridgehead atoms. The van der Waals surface area contributed by atoms with Crippen LogP contribution in [0.1, 0.15) is 88.7 Å². The Balaban J connectivity index is 0.00000240. The van der Waals surface area contributed by atoms with Gasteiger partial charge in [0.15, 0.2) is 0 Å². The molecule has 4 aromatic carbocycles. The van der Waals surface area contributed by atoms with Crippen LogP contribution in [-0.4, -0.2) is 0 Å². The van der Waals surface area contributed by atoms with E-state index in [0.29, 0.717) is 9.54 Å². The van der Waals surface area contributed by atoms with Crippen molar-refractivity contribution in [3.63, 3.8) is 0 Å². The van der Waals surface area contributed by atoms with Crippen molar-refractivity contribution >= 4 is 0 Å². The first-order valence-electron chi connectivity index (χ1n) is 16.5. The molecule has 0 aromatic heterocycles. The monoisotopic (exact) mass is 724 g/mol. The van der Waals surface area contributed by atoms with Gasteiger partial charge in [-0.05, 0) is 0 Å². The van der Waals surface area contributed by atoms with Crippen molar-refractivity contribution in [3.8, 4) is 33.4 Å². The molecule has 0 nitrogen and oxygen atoms in total. The van der Waals surface area contributed by atoms with E-state index in [4.69, 9.17) is 0 Å². The average Bonchev–Trinajstić information content (AvgIpc) is 3.47. The summed E-state index contributed by atoms with van der Waals surface area (Å²) in [6, 6.07) is 24.2. The van der Waals surface area contributed by atoms with Crippen molar-refractivity contribution in [2.24, 2.45) is 11.3 Å². The number of aryl methyl sites for hydroxylation is 6. The molecule has 0 N–H and O–H groups in total. The Kier molecular flexibility index (Phi) is 11.3. The fourth-order valence-electron chi connectivity index (χ4n) is 7.96. The molecule has 0 amide bonds. The first-order valence-corrected chi connectivity index (χ1v) is 19.2. The van der Waals surface area contributed by atoms with Crippen LogP contribution < -0.4 is 24.8 Å². The van der Waals surface area contributed by atoms with Gasteiger partial charge >= 0.3 is 280 Å². The molecule has 2 aliphatic carbocycles. The van der Waals surface area contributed by atoms with E-state index < -0.39 is 23.2 Å². The van der Waals surface area contributed by atoms with Crippen LogP contribution in [0.15, 0.2) is 81.7 Å². The minimum absolute atomic E-state index is 0. The number of benzene rings is 4. The van der Waals surface area contributed by atoms with Gasteiger partial charge in [-0.1, -0.05) is 0 Å². The van der Waals surface area contributed by atoms with E-state index in [2.05, 4.69) is 142 Å². The molecule has 2 aliphatic rings. The molecule has 46 heavy (non-hydrogen) atoms. The zero-order valence-electron chi connectivity index (χ0n) is 29.3. The zero-order valence-corrected chi connectivity index (χ0v) is 33.2. The van der Waals surface area contributed by atoms with Gasteiger partial charge in [0.1, 0.15) is 0 Å². The van der Waals surface area contributed by atoms with Crippen LogP contribution in [0.3, 0.4) is 0 Å². The summed E-state index contributed by atoms with van der Waals surface area (Å²) in [5.74, 6) is 0.614. The van der Waals surface area contributed by atoms with Gasteiger partial charge in [0.25, 0.3) is 0 Å². The molecule has 6 rings (SSSR count). The molecule has 4 aromatic rings. The molecular weight excluding hydrogens is 679 g/mol. The Morgan fingerprint density at radius 3 is 1.46 bits per heavy atom. The Bertz CT molecular complexity index is 1700. The van der Waals surface area contributed by atoms with E-state index in [0.717, 1.165) is 0 Å². The predicted octanol–water partition coefficient (Wildman–Crippen LogP) is 6.32. The minimum Gasteiger partial charge on any atom is -1.00 e. The van der Waals surface area contributed by atoms with Crippen molar-refractivity contribution in [2.75, 3.05) is 0 Å². The third-order valence-corrected chi connectivity index (χ3v) is 14.1. The van der Waals surface area contributed by atoms with Crippen LogP contribution in [0.4, 0.5) is 0 Å². The molecular formula is C43H48Cl2Zr. The largest absolute Gasteiger partial charge is 1.00 e. The second-order valence-electron chi connectivity index (χ2n) is 14.6. The first kappa shape index (κ1) is 36.7. The number of rotatable bonds is 6. The summed E-state index contributed by atoms with van der Waals surface area (Å²) in [4.78, 5) is 0. The molecule has 1 unspecified atom stereocenters. The van der Waals surface area contributed by atoms with Gasteiger partial charge in [-0.25, -0.2) is 0 Å². The Hall–Kier alpha value is -2.18. The van der Waals surface area contributed by atoms with Crippen LogP contribution in [0.5, 0.6) is 0 Å². The maximum Gasteiger partial charge on any atom is -1.00 e. The van der Waals surface area contributed by atoms with Gasteiger partial charge in [0.05, 0.1) is 0 Å². The summed E-state index contributed by atoms with van der Waals surface area (Å²) in [6.45, 7) is 23.0. The Morgan fingerprint density at radius 1 is 0.630 bits per heavy atom. The Morgan fingerprint density at radius 2 is 1.07 bits per heavy atom. The molecule has 0 saturated heterocycles. The van der Waals surface area contributed by atoms with Gasteiger partial charge < -0.3 is 24.8 Å².